The van der Waals surface area contributed by atoms with E-state index in [2.05, 4.69) is 0 Å². The molecule has 0 unspecified atom stereocenters. The van der Waals surface area contributed by atoms with Crippen molar-refractivity contribution >= 4 is 15.8 Å². The van der Waals surface area contributed by atoms with Crippen LogP contribution < -0.4 is 4.74 Å². The Morgan fingerprint density at radius 2 is 1.76 bits per heavy atom. The van der Waals surface area contributed by atoms with Crippen molar-refractivity contribution in [3.8, 4) is 11.5 Å². The van der Waals surface area contributed by atoms with Crippen molar-refractivity contribution in [3.63, 3.8) is 0 Å². The van der Waals surface area contributed by atoms with Gasteiger partial charge in [-0.3, -0.25) is 0 Å². The smallest absolute Gasteiger partial charge is 0.339 e. The minimum absolute atomic E-state index is 0.0850. The molecule has 0 radical (unpaired) electrons. The normalized spacial score (nSPS) is 11.1. The fraction of sp³-hybridized carbons (Fsp3) is 0.0714. The van der Waals surface area contributed by atoms with Crippen LogP contribution in [0.15, 0.2) is 47.4 Å². The van der Waals surface area contributed by atoms with Gasteiger partial charge in [0.25, 0.3) is 0 Å². The number of carbonyl (C=O) groups is 1. The lowest BCUT2D eigenvalue weighted by atomic mass is 10.2. The summed E-state index contributed by atoms with van der Waals surface area (Å²) < 4.78 is 41.5. The van der Waals surface area contributed by atoms with Crippen molar-refractivity contribution in [2.24, 2.45) is 0 Å². The van der Waals surface area contributed by atoms with E-state index < -0.39 is 27.4 Å². The second kappa shape index (κ2) is 5.53. The van der Waals surface area contributed by atoms with Gasteiger partial charge < -0.3 is 9.84 Å². The van der Waals surface area contributed by atoms with Gasteiger partial charge in [0.15, 0.2) is 21.4 Å². The highest BCUT2D eigenvalue weighted by Crippen LogP contribution is 2.29. The summed E-state index contributed by atoms with van der Waals surface area (Å²) >= 11 is 0. The van der Waals surface area contributed by atoms with E-state index in [1.54, 1.807) is 0 Å². The zero-order valence-electron chi connectivity index (χ0n) is 10.9. The molecule has 0 amide bonds. The van der Waals surface area contributed by atoms with Crippen molar-refractivity contribution in [1.29, 1.82) is 0 Å². The van der Waals surface area contributed by atoms with Crippen molar-refractivity contribution < 1.29 is 27.4 Å². The first-order valence-corrected chi connectivity index (χ1v) is 7.68. The van der Waals surface area contributed by atoms with Crippen LogP contribution in [0.1, 0.15) is 10.4 Å². The Bertz CT molecular complexity index is 782. The minimum Gasteiger partial charge on any atom is -0.478 e. The van der Waals surface area contributed by atoms with Gasteiger partial charge in [0.05, 0.1) is 4.90 Å². The summed E-state index contributed by atoms with van der Waals surface area (Å²) in [6, 6.07) is 8.80. The minimum atomic E-state index is -3.35. The molecule has 0 aromatic heterocycles. The summed E-state index contributed by atoms with van der Waals surface area (Å²) in [7, 11) is -3.35. The number of carboxylic acids is 1. The van der Waals surface area contributed by atoms with Crippen LogP contribution >= 0.6 is 0 Å². The molecule has 110 valence electrons. The van der Waals surface area contributed by atoms with Gasteiger partial charge in [-0.15, -0.1) is 0 Å². The van der Waals surface area contributed by atoms with Crippen molar-refractivity contribution in [1.82, 2.24) is 0 Å². The van der Waals surface area contributed by atoms with E-state index in [1.165, 1.54) is 36.4 Å². The second-order valence-corrected chi connectivity index (χ2v) is 6.28. The molecule has 0 saturated heterocycles. The highest BCUT2D eigenvalue weighted by Gasteiger charge is 2.16. The van der Waals surface area contributed by atoms with Crippen LogP contribution in [0, 0.1) is 5.82 Å². The number of benzene rings is 2. The molecular formula is C14H11FO5S. The predicted molar refractivity (Wildman–Crippen MR) is 73.0 cm³/mol. The Kier molecular flexibility index (Phi) is 3.95. The number of rotatable bonds is 4. The Balaban J connectivity index is 2.37. The molecule has 2 rings (SSSR count). The molecule has 2 aromatic carbocycles. The number of hydrogen-bond donors (Lipinski definition) is 1. The van der Waals surface area contributed by atoms with Gasteiger partial charge in [-0.25, -0.2) is 17.6 Å². The first-order valence-electron chi connectivity index (χ1n) is 5.79. The molecule has 0 atom stereocenters. The number of hydrogen-bond acceptors (Lipinski definition) is 4. The number of halogens is 1. The summed E-state index contributed by atoms with van der Waals surface area (Å²) in [5, 5.41) is 8.99. The number of para-hydroxylation sites is 1. The number of aromatic carboxylic acids is 1. The molecule has 0 bridgehead atoms. The second-order valence-electron chi connectivity index (χ2n) is 4.27. The van der Waals surface area contributed by atoms with Crippen LogP contribution in [-0.2, 0) is 9.84 Å². The molecular weight excluding hydrogens is 299 g/mol. The van der Waals surface area contributed by atoms with Crippen molar-refractivity contribution in [2.75, 3.05) is 6.26 Å². The fourth-order valence-electron chi connectivity index (χ4n) is 1.65. The Labute approximate surface area is 120 Å². The van der Waals surface area contributed by atoms with Gasteiger partial charge in [-0.2, -0.15) is 0 Å². The van der Waals surface area contributed by atoms with Crippen LogP contribution in [0.2, 0.25) is 0 Å². The first-order chi connectivity index (χ1) is 9.79. The lowest BCUT2D eigenvalue weighted by molar-refractivity contribution is 0.0693. The molecule has 1 N–H and O–H groups in total. The lowest BCUT2D eigenvalue weighted by Gasteiger charge is -2.10. The largest absolute Gasteiger partial charge is 0.478 e. The number of ether oxygens (including phenoxy) is 1. The molecule has 0 saturated carbocycles. The van der Waals surface area contributed by atoms with Crippen LogP contribution in [-0.4, -0.2) is 25.7 Å². The maximum atomic E-state index is 13.7. The zero-order chi connectivity index (χ0) is 15.6. The molecule has 2 aromatic rings. The van der Waals surface area contributed by atoms with E-state index in [-0.39, 0.29) is 16.2 Å². The summed E-state index contributed by atoms with van der Waals surface area (Å²) in [6.07, 6.45) is 1.06. The summed E-state index contributed by atoms with van der Waals surface area (Å²) in [5.74, 6) is -2.42. The summed E-state index contributed by atoms with van der Waals surface area (Å²) in [5.41, 5.74) is -0.317. The SMILES string of the molecule is CS(=O)(=O)c1ccc(Oc2c(F)cccc2C(=O)O)cc1. The molecule has 5 nitrogen and oxygen atoms in total. The van der Waals surface area contributed by atoms with E-state index in [1.807, 2.05) is 0 Å². The summed E-state index contributed by atoms with van der Waals surface area (Å²) in [6.45, 7) is 0. The van der Waals surface area contributed by atoms with Gasteiger partial charge >= 0.3 is 5.97 Å². The molecule has 7 heteroatoms. The zero-order valence-corrected chi connectivity index (χ0v) is 11.7. The van der Waals surface area contributed by atoms with Gasteiger partial charge in [0.2, 0.25) is 0 Å². The van der Waals surface area contributed by atoms with E-state index in [9.17, 15) is 17.6 Å². The maximum Gasteiger partial charge on any atom is 0.339 e. The van der Waals surface area contributed by atoms with E-state index in [0.29, 0.717) is 0 Å². The Hall–Kier alpha value is -2.41. The van der Waals surface area contributed by atoms with Crippen LogP contribution in [0.3, 0.4) is 0 Å². The van der Waals surface area contributed by atoms with Crippen molar-refractivity contribution in [2.45, 2.75) is 4.90 Å². The van der Waals surface area contributed by atoms with Gasteiger partial charge in [-0.1, -0.05) is 6.07 Å². The summed E-state index contributed by atoms with van der Waals surface area (Å²) in [4.78, 5) is 11.1. The molecule has 0 aliphatic carbocycles. The highest BCUT2D eigenvalue weighted by molar-refractivity contribution is 7.90. The van der Waals surface area contributed by atoms with Crippen LogP contribution in [0.25, 0.3) is 0 Å². The maximum absolute atomic E-state index is 13.7. The highest BCUT2D eigenvalue weighted by atomic mass is 32.2. The first kappa shape index (κ1) is 15.0. The number of sulfone groups is 1. The molecule has 21 heavy (non-hydrogen) atoms. The third kappa shape index (κ3) is 3.38. The van der Waals surface area contributed by atoms with Gasteiger partial charge in [0, 0.05) is 6.26 Å². The fourth-order valence-corrected chi connectivity index (χ4v) is 2.28. The third-order valence-corrected chi connectivity index (χ3v) is 3.80. The average molecular weight is 310 g/mol. The molecule has 0 fully saturated rings. The van der Waals surface area contributed by atoms with E-state index in [0.717, 1.165) is 12.3 Å². The monoisotopic (exact) mass is 310 g/mol. The van der Waals surface area contributed by atoms with Crippen LogP contribution in [0.5, 0.6) is 11.5 Å². The molecule has 0 spiro atoms. The predicted octanol–water partition coefficient (Wildman–Crippen LogP) is 2.72. The molecule has 0 heterocycles. The van der Waals surface area contributed by atoms with Gasteiger partial charge in [-0.05, 0) is 36.4 Å². The molecule has 0 aliphatic rings. The van der Waals surface area contributed by atoms with Crippen LogP contribution in [0.4, 0.5) is 4.39 Å². The quantitative estimate of drug-likeness (QED) is 0.939. The molecule has 0 aliphatic heterocycles. The Morgan fingerprint density at radius 1 is 1.14 bits per heavy atom. The topological polar surface area (TPSA) is 80.7 Å². The van der Waals surface area contributed by atoms with Crippen molar-refractivity contribution in [3.05, 3.63) is 53.8 Å². The Morgan fingerprint density at radius 3 is 2.29 bits per heavy atom. The number of carboxylic acid groups (broad SMARTS) is 1. The van der Waals surface area contributed by atoms with Gasteiger partial charge in [0.1, 0.15) is 11.3 Å². The van der Waals surface area contributed by atoms with E-state index >= 15 is 0 Å². The van der Waals surface area contributed by atoms with E-state index in [4.69, 9.17) is 9.84 Å². The standard InChI is InChI=1S/C14H11FO5S/c1-21(18,19)10-7-5-9(6-8-10)20-13-11(14(16)17)3-2-4-12(13)15/h2-8H,1H3,(H,16,17). The average Bonchev–Trinajstić information content (AvgIpc) is 2.40. The lowest BCUT2D eigenvalue weighted by Crippen LogP contribution is -2.02. The third-order valence-electron chi connectivity index (χ3n) is 2.67.